The van der Waals surface area contributed by atoms with Crippen LogP contribution in [-0.4, -0.2) is 26.4 Å². The number of carbonyl (C=O) groups excluding carboxylic acids is 2. The van der Waals surface area contributed by atoms with E-state index in [0.717, 1.165) is 29.8 Å². The van der Waals surface area contributed by atoms with Crippen LogP contribution < -0.4 is 10.6 Å². The van der Waals surface area contributed by atoms with Gasteiger partial charge < -0.3 is 10.6 Å². The Morgan fingerprint density at radius 3 is 2.58 bits per heavy atom. The van der Waals surface area contributed by atoms with Crippen LogP contribution in [0.1, 0.15) is 48.2 Å². The molecule has 0 fully saturated rings. The number of rotatable bonds is 7. The molecular weight excluding hydrogens is 416 g/mol. The monoisotopic (exact) mass is 442 g/mol. The molecule has 33 heavy (non-hydrogen) atoms. The summed E-state index contributed by atoms with van der Waals surface area (Å²) in [5, 5.41) is 19.3. The fourth-order valence-corrected chi connectivity index (χ4v) is 4.21. The maximum Gasteiger partial charge on any atom is 0.225 e. The molecule has 0 radical (unpaired) electrons. The van der Waals surface area contributed by atoms with Gasteiger partial charge in [-0.15, -0.1) is 0 Å². The van der Waals surface area contributed by atoms with E-state index in [0.29, 0.717) is 35.4 Å². The van der Waals surface area contributed by atoms with E-state index < -0.39 is 0 Å². The van der Waals surface area contributed by atoms with Crippen LogP contribution >= 0.6 is 0 Å². The van der Waals surface area contributed by atoms with Gasteiger partial charge in [0.15, 0.2) is 5.65 Å². The smallest absolute Gasteiger partial charge is 0.225 e. The normalized spacial score (nSPS) is 14.9. The Balaban J connectivity index is 1.41. The zero-order valence-electron chi connectivity index (χ0n) is 18.8. The van der Waals surface area contributed by atoms with Gasteiger partial charge in [0.05, 0.1) is 17.6 Å². The molecule has 0 aliphatic heterocycles. The summed E-state index contributed by atoms with van der Waals surface area (Å²) in [4.78, 5) is 29.7. The fraction of sp³-hybridized carbons (Fsp3) is 0.320. The highest BCUT2D eigenvalue weighted by atomic mass is 16.2. The number of anilines is 2. The van der Waals surface area contributed by atoms with Gasteiger partial charge >= 0.3 is 0 Å². The minimum Gasteiger partial charge on any atom is -0.324 e. The van der Waals surface area contributed by atoms with Crippen LogP contribution in [0.4, 0.5) is 11.4 Å². The number of hydrogen-bond donors (Lipinski definition) is 2. The second kappa shape index (κ2) is 9.65. The van der Waals surface area contributed by atoms with E-state index in [2.05, 4.69) is 38.9 Å². The third-order valence-electron chi connectivity index (χ3n) is 5.97. The quantitative estimate of drug-likeness (QED) is 0.535. The van der Waals surface area contributed by atoms with E-state index in [1.54, 1.807) is 16.6 Å². The molecule has 8 heteroatoms. The molecule has 1 aliphatic rings. The number of carbonyl (C=O) groups is 2. The molecule has 0 bridgehead atoms. The summed E-state index contributed by atoms with van der Waals surface area (Å²) in [5.74, 6) is 0.0607. The number of aromatic nitrogens is 3. The van der Waals surface area contributed by atoms with E-state index in [1.165, 1.54) is 6.20 Å². The summed E-state index contributed by atoms with van der Waals surface area (Å²) >= 11 is 0. The van der Waals surface area contributed by atoms with E-state index in [1.807, 2.05) is 26.0 Å². The molecular formula is C25H26N6O2. The van der Waals surface area contributed by atoms with E-state index in [9.17, 15) is 14.9 Å². The number of para-hydroxylation sites is 2. The van der Waals surface area contributed by atoms with Crippen molar-refractivity contribution in [1.29, 1.82) is 5.26 Å². The van der Waals surface area contributed by atoms with Crippen LogP contribution in [0.3, 0.4) is 0 Å². The molecule has 4 rings (SSSR count). The number of aryl methyl sites for hydroxylation is 2. The maximum atomic E-state index is 12.7. The van der Waals surface area contributed by atoms with Crippen LogP contribution in [-0.2, 0) is 16.0 Å². The minimum absolute atomic E-state index is 0.0603. The van der Waals surface area contributed by atoms with Crippen molar-refractivity contribution < 1.29 is 9.59 Å². The summed E-state index contributed by atoms with van der Waals surface area (Å²) in [6.45, 7) is 3.78. The molecule has 0 saturated carbocycles. The highest BCUT2D eigenvalue weighted by Gasteiger charge is 2.17. The van der Waals surface area contributed by atoms with Crippen molar-refractivity contribution in [2.45, 2.75) is 46.0 Å². The zero-order chi connectivity index (χ0) is 23.4. The Hall–Kier alpha value is -3.99. The average molecular weight is 443 g/mol. The van der Waals surface area contributed by atoms with Gasteiger partial charge in [-0.1, -0.05) is 24.3 Å². The minimum atomic E-state index is -0.160. The van der Waals surface area contributed by atoms with E-state index in [-0.39, 0.29) is 24.2 Å². The van der Waals surface area contributed by atoms with Crippen molar-refractivity contribution in [3.05, 3.63) is 65.1 Å². The lowest BCUT2D eigenvalue weighted by molar-refractivity contribution is -0.117. The van der Waals surface area contributed by atoms with Crippen LogP contribution in [0.2, 0.25) is 0 Å². The highest BCUT2D eigenvalue weighted by Crippen LogP contribution is 2.25. The predicted octanol–water partition coefficient (Wildman–Crippen LogP) is 4.08. The predicted molar refractivity (Wildman–Crippen MR) is 126 cm³/mol. The Kier molecular flexibility index (Phi) is 6.50. The lowest BCUT2D eigenvalue weighted by Crippen LogP contribution is -2.18. The van der Waals surface area contributed by atoms with Gasteiger partial charge in [0, 0.05) is 24.2 Å². The van der Waals surface area contributed by atoms with Crippen molar-refractivity contribution >= 4 is 28.8 Å². The fourth-order valence-electron chi connectivity index (χ4n) is 4.21. The molecule has 2 aromatic heterocycles. The summed E-state index contributed by atoms with van der Waals surface area (Å²) in [7, 11) is 0. The lowest BCUT2D eigenvalue weighted by atomic mass is 10.0. The molecule has 2 N–H and O–H groups in total. The number of amides is 2. The molecule has 2 amide bonds. The van der Waals surface area contributed by atoms with Gasteiger partial charge in [0.2, 0.25) is 11.8 Å². The molecule has 1 atom stereocenters. The first kappa shape index (κ1) is 22.2. The third kappa shape index (κ3) is 4.93. The molecule has 0 saturated heterocycles. The Labute approximate surface area is 192 Å². The van der Waals surface area contributed by atoms with Gasteiger partial charge in [-0.05, 0) is 56.7 Å². The molecule has 0 spiro atoms. The largest absolute Gasteiger partial charge is 0.324 e. The van der Waals surface area contributed by atoms with Gasteiger partial charge in [-0.25, -0.2) is 9.50 Å². The summed E-state index contributed by atoms with van der Waals surface area (Å²) in [6, 6.07) is 9.31. The molecule has 8 nitrogen and oxygen atoms in total. The molecule has 1 unspecified atom stereocenters. The average Bonchev–Trinajstić information content (AvgIpc) is 3.44. The van der Waals surface area contributed by atoms with Crippen molar-refractivity contribution in [3.63, 3.8) is 0 Å². The SMILES string of the molecule is Cc1nc2c(C#N)cnn2c(C)c1CCC(=O)Nc1ccccc1NC(=O)CC1C=CCC1. The first-order valence-electron chi connectivity index (χ1n) is 11.1. The number of nitriles is 1. The molecule has 1 aliphatic carbocycles. The van der Waals surface area contributed by atoms with Crippen LogP contribution in [0.15, 0.2) is 42.6 Å². The highest BCUT2D eigenvalue weighted by molar-refractivity contribution is 5.99. The number of fused-ring (bicyclic) bond motifs is 1. The number of nitrogens with zero attached hydrogens (tertiary/aromatic N) is 4. The van der Waals surface area contributed by atoms with Crippen LogP contribution in [0, 0.1) is 31.1 Å². The van der Waals surface area contributed by atoms with Crippen molar-refractivity contribution in [2.24, 2.45) is 5.92 Å². The van der Waals surface area contributed by atoms with Crippen molar-refractivity contribution in [2.75, 3.05) is 10.6 Å². The first-order chi connectivity index (χ1) is 16.0. The van der Waals surface area contributed by atoms with Crippen LogP contribution in [0.5, 0.6) is 0 Å². The van der Waals surface area contributed by atoms with E-state index >= 15 is 0 Å². The summed E-state index contributed by atoms with van der Waals surface area (Å²) < 4.78 is 1.64. The second-order valence-electron chi connectivity index (χ2n) is 8.28. The van der Waals surface area contributed by atoms with Crippen molar-refractivity contribution in [1.82, 2.24) is 14.6 Å². The first-order valence-corrected chi connectivity index (χ1v) is 11.1. The van der Waals surface area contributed by atoms with Crippen molar-refractivity contribution in [3.8, 4) is 6.07 Å². The molecule has 1 aromatic carbocycles. The van der Waals surface area contributed by atoms with Gasteiger partial charge in [-0.3, -0.25) is 9.59 Å². The maximum absolute atomic E-state index is 12.7. The van der Waals surface area contributed by atoms with E-state index in [4.69, 9.17) is 0 Å². The number of benzene rings is 1. The number of hydrogen-bond acceptors (Lipinski definition) is 5. The Morgan fingerprint density at radius 1 is 1.18 bits per heavy atom. The topological polar surface area (TPSA) is 112 Å². The lowest BCUT2D eigenvalue weighted by Gasteiger charge is -2.14. The zero-order valence-corrected chi connectivity index (χ0v) is 18.8. The molecule has 3 aromatic rings. The molecule has 2 heterocycles. The Bertz CT molecular complexity index is 1280. The number of nitrogens with one attached hydrogen (secondary N) is 2. The van der Waals surface area contributed by atoms with Gasteiger partial charge in [-0.2, -0.15) is 10.4 Å². The number of allylic oxidation sites excluding steroid dienone is 2. The molecule has 168 valence electrons. The second-order valence-corrected chi connectivity index (χ2v) is 8.28. The standard InChI is InChI=1S/C25H26N6O2/c1-16-20(17(2)31-25(28-16)19(14-26)15-27-31)11-12-23(32)29-21-9-5-6-10-22(21)30-24(33)13-18-7-3-4-8-18/h3,5-7,9-10,15,18H,4,8,11-13H2,1-2H3,(H,29,32)(H,30,33). The summed E-state index contributed by atoms with van der Waals surface area (Å²) in [6.07, 6.45) is 8.89. The van der Waals surface area contributed by atoms with Crippen LogP contribution in [0.25, 0.3) is 5.65 Å². The summed E-state index contributed by atoms with van der Waals surface area (Å²) in [5.41, 5.74) is 4.68. The van der Waals surface area contributed by atoms with Gasteiger partial charge in [0.25, 0.3) is 0 Å². The Morgan fingerprint density at radius 2 is 1.91 bits per heavy atom. The van der Waals surface area contributed by atoms with Gasteiger partial charge in [0.1, 0.15) is 11.6 Å². The third-order valence-corrected chi connectivity index (χ3v) is 5.97.